The fraction of sp³-hybridized carbons (Fsp3) is 0.296. The first-order valence-electron chi connectivity index (χ1n) is 10.3. The van der Waals surface area contributed by atoms with Crippen LogP contribution in [0.15, 0.2) is 76.5 Å². The van der Waals surface area contributed by atoms with Crippen LogP contribution in [0.4, 0.5) is 0 Å². The summed E-state index contributed by atoms with van der Waals surface area (Å²) in [5, 5.41) is 9.69. The molecule has 0 aromatic heterocycles. The van der Waals surface area contributed by atoms with Gasteiger partial charge in [0.1, 0.15) is 28.9 Å². The molecular weight excluding hydrogens is 402 g/mol. The van der Waals surface area contributed by atoms with E-state index in [2.05, 4.69) is 39.0 Å². The largest absolute Gasteiger partial charge is 0.488 e. The number of hydrogen-bond acceptors (Lipinski definition) is 4. The van der Waals surface area contributed by atoms with Crippen LogP contribution in [-0.4, -0.2) is 5.60 Å². The van der Waals surface area contributed by atoms with Gasteiger partial charge in [-0.2, -0.15) is 5.26 Å². The predicted octanol–water partition coefficient (Wildman–Crippen LogP) is 7.98. The van der Waals surface area contributed by atoms with Crippen LogP contribution in [0.5, 0.6) is 17.2 Å². The highest BCUT2D eigenvalue weighted by Gasteiger charge is 2.21. The van der Waals surface area contributed by atoms with Crippen molar-refractivity contribution >= 4 is 11.8 Å². The first-order chi connectivity index (χ1) is 14.5. The van der Waals surface area contributed by atoms with Gasteiger partial charge in [0.15, 0.2) is 0 Å². The van der Waals surface area contributed by atoms with Crippen molar-refractivity contribution in [3.63, 3.8) is 0 Å². The molecule has 4 heteroatoms. The third kappa shape index (κ3) is 6.29. The van der Waals surface area contributed by atoms with Crippen molar-refractivity contribution < 1.29 is 9.47 Å². The van der Waals surface area contributed by atoms with Crippen LogP contribution in [0.1, 0.15) is 52.7 Å². The Morgan fingerprint density at radius 2 is 1.29 bits per heavy atom. The zero-order valence-electron chi connectivity index (χ0n) is 19.0. The van der Waals surface area contributed by atoms with Crippen molar-refractivity contribution in [2.24, 2.45) is 0 Å². The van der Waals surface area contributed by atoms with E-state index in [-0.39, 0.29) is 11.0 Å². The van der Waals surface area contributed by atoms with Crippen molar-refractivity contribution in [3.8, 4) is 23.3 Å². The van der Waals surface area contributed by atoms with Crippen LogP contribution in [0.25, 0.3) is 0 Å². The fourth-order valence-electron chi connectivity index (χ4n) is 3.12. The van der Waals surface area contributed by atoms with Gasteiger partial charge in [0.2, 0.25) is 0 Å². The van der Waals surface area contributed by atoms with Gasteiger partial charge in [0, 0.05) is 9.79 Å². The summed E-state index contributed by atoms with van der Waals surface area (Å²) >= 11 is 1.68. The quantitative estimate of drug-likeness (QED) is 0.411. The lowest BCUT2D eigenvalue weighted by Crippen LogP contribution is -2.22. The SMILES string of the molecule is CC(C)(C)Oc1ccc(Sc2ccc(Oc3cccc(C(C)(C)C)c3C#N)cc2)cc1. The topological polar surface area (TPSA) is 42.2 Å². The Balaban J connectivity index is 1.71. The number of nitriles is 1. The number of nitrogens with zero attached hydrogens (tertiary/aromatic N) is 1. The lowest BCUT2D eigenvalue weighted by molar-refractivity contribution is 0.131. The average molecular weight is 432 g/mol. The molecule has 0 fully saturated rings. The summed E-state index contributed by atoms with van der Waals surface area (Å²) in [5.74, 6) is 2.16. The molecule has 0 amide bonds. The van der Waals surface area contributed by atoms with Crippen LogP contribution in [0, 0.1) is 11.3 Å². The maximum Gasteiger partial charge on any atom is 0.145 e. The van der Waals surface area contributed by atoms with Crippen LogP contribution in [0.3, 0.4) is 0 Å². The van der Waals surface area contributed by atoms with Crippen molar-refractivity contribution in [3.05, 3.63) is 77.9 Å². The average Bonchev–Trinajstić information content (AvgIpc) is 2.69. The zero-order valence-corrected chi connectivity index (χ0v) is 19.8. The van der Waals surface area contributed by atoms with Crippen molar-refractivity contribution in [2.75, 3.05) is 0 Å². The Labute approximate surface area is 190 Å². The molecule has 0 bridgehead atoms. The molecule has 3 aromatic rings. The second kappa shape index (κ2) is 9.08. The predicted molar refractivity (Wildman–Crippen MR) is 127 cm³/mol. The molecule has 0 saturated carbocycles. The zero-order chi connectivity index (χ0) is 22.6. The van der Waals surface area contributed by atoms with E-state index in [9.17, 15) is 5.26 Å². The third-order valence-electron chi connectivity index (χ3n) is 4.48. The molecule has 3 nitrogen and oxygen atoms in total. The molecular formula is C27H29NO2S. The summed E-state index contributed by atoms with van der Waals surface area (Å²) in [4.78, 5) is 2.25. The molecule has 0 aliphatic rings. The fourth-order valence-corrected chi connectivity index (χ4v) is 3.94. The third-order valence-corrected chi connectivity index (χ3v) is 5.50. The van der Waals surface area contributed by atoms with Gasteiger partial charge in [-0.1, -0.05) is 44.7 Å². The highest BCUT2D eigenvalue weighted by atomic mass is 32.2. The summed E-state index contributed by atoms with van der Waals surface area (Å²) in [5.41, 5.74) is 1.24. The second-order valence-electron chi connectivity index (χ2n) is 9.40. The van der Waals surface area contributed by atoms with Gasteiger partial charge in [0.05, 0.1) is 5.56 Å². The minimum absolute atomic E-state index is 0.127. The summed E-state index contributed by atoms with van der Waals surface area (Å²) in [6, 6.07) is 24.1. The first-order valence-corrected chi connectivity index (χ1v) is 11.2. The number of ether oxygens (including phenoxy) is 2. The van der Waals surface area contributed by atoms with E-state index in [1.54, 1.807) is 11.8 Å². The van der Waals surface area contributed by atoms with E-state index in [4.69, 9.17) is 9.47 Å². The van der Waals surface area contributed by atoms with Gasteiger partial charge in [-0.05, 0) is 86.3 Å². The van der Waals surface area contributed by atoms with Gasteiger partial charge in [0.25, 0.3) is 0 Å². The minimum atomic E-state index is -0.206. The molecule has 0 atom stereocenters. The Morgan fingerprint density at radius 1 is 0.742 bits per heavy atom. The minimum Gasteiger partial charge on any atom is -0.488 e. The molecule has 3 aromatic carbocycles. The van der Waals surface area contributed by atoms with E-state index in [0.29, 0.717) is 17.1 Å². The second-order valence-corrected chi connectivity index (χ2v) is 10.5. The van der Waals surface area contributed by atoms with E-state index in [1.165, 1.54) is 0 Å². The van der Waals surface area contributed by atoms with Gasteiger partial charge >= 0.3 is 0 Å². The highest BCUT2D eigenvalue weighted by molar-refractivity contribution is 7.99. The lowest BCUT2D eigenvalue weighted by atomic mass is 9.84. The van der Waals surface area contributed by atoms with Crippen LogP contribution in [-0.2, 0) is 5.41 Å². The lowest BCUT2D eigenvalue weighted by Gasteiger charge is -2.22. The van der Waals surface area contributed by atoms with Crippen molar-refractivity contribution in [1.82, 2.24) is 0 Å². The van der Waals surface area contributed by atoms with Gasteiger partial charge in [-0.15, -0.1) is 0 Å². The monoisotopic (exact) mass is 431 g/mol. The van der Waals surface area contributed by atoms with Crippen LogP contribution in [0.2, 0.25) is 0 Å². The summed E-state index contributed by atoms with van der Waals surface area (Å²) in [6.45, 7) is 12.4. The molecule has 3 rings (SSSR count). The number of hydrogen-bond donors (Lipinski definition) is 0. The normalized spacial score (nSPS) is 11.6. The van der Waals surface area contributed by atoms with Crippen LogP contribution >= 0.6 is 11.8 Å². The molecule has 160 valence electrons. The molecule has 0 heterocycles. The molecule has 0 N–H and O–H groups in total. The van der Waals surface area contributed by atoms with Crippen molar-refractivity contribution in [1.29, 1.82) is 5.26 Å². The Morgan fingerprint density at radius 3 is 1.77 bits per heavy atom. The molecule has 0 aliphatic carbocycles. The molecule has 0 spiro atoms. The van der Waals surface area contributed by atoms with Gasteiger partial charge < -0.3 is 9.47 Å². The molecule has 0 radical (unpaired) electrons. The highest BCUT2D eigenvalue weighted by Crippen LogP contribution is 2.35. The van der Waals surface area contributed by atoms with E-state index >= 15 is 0 Å². The summed E-state index contributed by atoms with van der Waals surface area (Å²) < 4.78 is 11.9. The Hall–Kier alpha value is -2.90. The molecule has 0 aliphatic heterocycles. The smallest absolute Gasteiger partial charge is 0.145 e. The van der Waals surface area contributed by atoms with Crippen molar-refractivity contribution in [2.45, 2.75) is 62.3 Å². The standard InChI is InChI=1S/C27H29NO2S/c1-26(2,3)24-8-7-9-25(23(24)18-28)29-19-10-14-21(15-11-19)31-22-16-12-20(13-17-22)30-27(4,5)6/h7-17H,1-6H3. The van der Waals surface area contributed by atoms with Gasteiger partial charge in [-0.3, -0.25) is 0 Å². The van der Waals surface area contributed by atoms with E-state index in [1.807, 2.05) is 75.4 Å². The first kappa shape index (κ1) is 22.8. The maximum absolute atomic E-state index is 9.69. The molecule has 31 heavy (non-hydrogen) atoms. The molecule has 0 saturated heterocycles. The number of rotatable bonds is 5. The summed E-state index contributed by atoms with van der Waals surface area (Å²) in [6.07, 6.45) is 0. The van der Waals surface area contributed by atoms with Crippen LogP contribution < -0.4 is 9.47 Å². The van der Waals surface area contributed by atoms with E-state index in [0.717, 1.165) is 21.1 Å². The number of benzene rings is 3. The van der Waals surface area contributed by atoms with E-state index < -0.39 is 0 Å². The maximum atomic E-state index is 9.69. The Kier molecular flexibility index (Phi) is 6.67. The summed E-state index contributed by atoms with van der Waals surface area (Å²) in [7, 11) is 0. The molecule has 0 unspecified atom stereocenters. The van der Waals surface area contributed by atoms with Gasteiger partial charge in [-0.25, -0.2) is 0 Å². The Bertz CT molecular complexity index is 1070.